The Morgan fingerprint density at radius 3 is 2.68 bits per heavy atom. The van der Waals surface area contributed by atoms with Crippen LogP contribution in [0.3, 0.4) is 0 Å². The van der Waals surface area contributed by atoms with Crippen molar-refractivity contribution in [1.29, 1.82) is 0 Å². The fraction of sp³-hybridized carbons (Fsp3) is 0.714. The van der Waals surface area contributed by atoms with Crippen LogP contribution in [0.15, 0.2) is 5.38 Å². The number of rotatable bonds is 3. The molecule has 6 nitrogen and oxygen atoms in total. The Balaban J connectivity index is 2.01. The molecule has 1 N–H and O–H groups in total. The fourth-order valence-corrected chi connectivity index (χ4v) is 4.19. The molecular formula is C14H23N3O3S2. The van der Waals surface area contributed by atoms with Gasteiger partial charge in [-0.05, 0) is 12.8 Å². The third-order valence-corrected chi connectivity index (χ3v) is 5.75. The van der Waals surface area contributed by atoms with Crippen LogP contribution in [-0.2, 0) is 20.2 Å². The van der Waals surface area contributed by atoms with Crippen molar-refractivity contribution in [2.45, 2.75) is 39.0 Å². The van der Waals surface area contributed by atoms with Gasteiger partial charge in [0.2, 0.25) is 15.9 Å². The summed E-state index contributed by atoms with van der Waals surface area (Å²) >= 11 is 1.40. The Hall–Kier alpha value is -0.990. The third-order valence-electron chi connectivity index (χ3n) is 3.73. The van der Waals surface area contributed by atoms with Gasteiger partial charge in [0.05, 0.1) is 17.9 Å². The summed E-state index contributed by atoms with van der Waals surface area (Å²) in [5, 5.41) is 5.34. The topological polar surface area (TPSA) is 79.4 Å². The molecule has 0 aliphatic carbocycles. The second-order valence-electron chi connectivity index (χ2n) is 6.74. The lowest BCUT2D eigenvalue weighted by Crippen LogP contribution is -2.43. The number of anilines is 1. The van der Waals surface area contributed by atoms with E-state index < -0.39 is 10.0 Å². The molecule has 1 fully saturated rings. The number of carbonyl (C=O) groups excluding carboxylic acids is 1. The maximum Gasteiger partial charge on any atom is 0.230 e. The average molecular weight is 345 g/mol. The van der Waals surface area contributed by atoms with Crippen LogP contribution in [0.4, 0.5) is 5.13 Å². The Morgan fingerprint density at radius 2 is 2.14 bits per heavy atom. The van der Waals surface area contributed by atoms with Crippen LogP contribution in [0.5, 0.6) is 0 Å². The van der Waals surface area contributed by atoms with Gasteiger partial charge in [-0.2, -0.15) is 0 Å². The number of aromatic nitrogens is 1. The van der Waals surface area contributed by atoms with E-state index in [1.807, 2.05) is 5.38 Å². The third kappa shape index (κ3) is 4.27. The minimum atomic E-state index is -3.24. The molecule has 1 amide bonds. The van der Waals surface area contributed by atoms with E-state index >= 15 is 0 Å². The van der Waals surface area contributed by atoms with Crippen molar-refractivity contribution in [2.24, 2.45) is 5.92 Å². The van der Waals surface area contributed by atoms with Gasteiger partial charge < -0.3 is 5.32 Å². The number of piperidine rings is 1. The van der Waals surface area contributed by atoms with Crippen molar-refractivity contribution >= 4 is 32.4 Å². The highest BCUT2D eigenvalue weighted by Crippen LogP contribution is 2.27. The SMILES string of the molecule is CC(C)(C)c1csc(NC(=O)[C@@H]2CCCN(S(C)(=O)=O)C2)n1. The molecule has 0 aromatic carbocycles. The zero-order valence-electron chi connectivity index (χ0n) is 13.4. The summed E-state index contributed by atoms with van der Waals surface area (Å²) in [6.45, 7) is 6.95. The van der Waals surface area contributed by atoms with Crippen molar-refractivity contribution < 1.29 is 13.2 Å². The molecule has 0 unspecified atom stereocenters. The van der Waals surface area contributed by atoms with Gasteiger partial charge in [-0.1, -0.05) is 20.8 Å². The number of nitrogens with zero attached hydrogens (tertiary/aromatic N) is 2. The number of hydrogen-bond acceptors (Lipinski definition) is 5. The highest BCUT2D eigenvalue weighted by atomic mass is 32.2. The van der Waals surface area contributed by atoms with Gasteiger partial charge >= 0.3 is 0 Å². The second-order valence-corrected chi connectivity index (χ2v) is 9.58. The van der Waals surface area contributed by atoms with Gasteiger partial charge in [0.15, 0.2) is 5.13 Å². The maximum absolute atomic E-state index is 12.3. The molecule has 2 rings (SSSR count). The monoisotopic (exact) mass is 345 g/mol. The average Bonchev–Trinajstić information content (AvgIpc) is 2.86. The van der Waals surface area contributed by atoms with Gasteiger partial charge in [-0.25, -0.2) is 17.7 Å². The number of hydrogen-bond donors (Lipinski definition) is 1. The van der Waals surface area contributed by atoms with Gasteiger partial charge in [0, 0.05) is 23.9 Å². The minimum Gasteiger partial charge on any atom is -0.302 e. The fourth-order valence-electron chi connectivity index (χ4n) is 2.34. The number of nitrogens with one attached hydrogen (secondary N) is 1. The molecule has 0 saturated carbocycles. The van der Waals surface area contributed by atoms with Gasteiger partial charge in [-0.15, -0.1) is 11.3 Å². The van der Waals surface area contributed by atoms with Gasteiger partial charge in [0.25, 0.3) is 0 Å². The Labute approximate surface area is 136 Å². The smallest absolute Gasteiger partial charge is 0.230 e. The highest BCUT2D eigenvalue weighted by Gasteiger charge is 2.30. The lowest BCUT2D eigenvalue weighted by atomic mass is 9.93. The summed E-state index contributed by atoms with van der Waals surface area (Å²) in [7, 11) is -3.24. The second kappa shape index (κ2) is 6.25. The van der Waals surface area contributed by atoms with Gasteiger partial charge in [-0.3, -0.25) is 4.79 Å². The molecule has 124 valence electrons. The minimum absolute atomic E-state index is 0.0581. The first-order chi connectivity index (χ1) is 10.1. The normalized spacial score (nSPS) is 20.8. The van der Waals surface area contributed by atoms with E-state index in [4.69, 9.17) is 0 Å². The molecule has 1 aliphatic rings. The van der Waals surface area contributed by atoms with Crippen molar-refractivity contribution in [1.82, 2.24) is 9.29 Å². The molecule has 0 radical (unpaired) electrons. The standard InChI is InChI=1S/C14H23N3O3S2/c1-14(2,3)11-9-21-13(15-11)16-12(18)10-6-5-7-17(8-10)22(4,19)20/h9-10H,5-8H2,1-4H3,(H,15,16,18)/t10-/m1/s1. The van der Waals surface area contributed by atoms with Crippen LogP contribution in [-0.4, -0.2) is 43.0 Å². The van der Waals surface area contributed by atoms with Crippen molar-refractivity contribution in [2.75, 3.05) is 24.7 Å². The molecule has 1 aliphatic heterocycles. The van der Waals surface area contributed by atoms with E-state index in [1.54, 1.807) is 0 Å². The molecular weight excluding hydrogens is 322 g/mol. The predicted octanol–water partition coefficient (Wildman–Crippen LogP) is 2.05. The van der Waals surface area contributed by atoms with E-state index in [-0.39, 0.29) is 23.8 Å². The van der Waals surface area contributed by atoms with Crippen LogP contribution >= 0.6 is 11.3 Å². The Bertz CT molecular complexity index is 647. The molecule has 0 bridgehead atoms. The van der Waals surface area contributed by atoms with Crippen molar-refractivity contribution in [3.05, 3.63) is 11.1 Å². The first kappa shape index (κ1) is 17.4. The summed E-state index contributed by atoms with van der Waals surface area (Å²) in [4.78, 5) is 16.8. The Morgan fingerprint density at radius 1 is 1.45 bits per heavy atom. The number of amides is 1. The van der Waals surface area contributed by atoms with E-state index in [1.165, 1.54) is 21.9 Å². The molecule has 22 heavy (non-hydrogen) atoms. The summed E-state index contributed by atoms with van der Waals surface area (Å²) < 4.78 is 24.6. The largest absolute Gasteiger partial charge is 0.302 e. The van der Waals surface area contributed by atoms with Crippen LogP contribution in [0.25, 0.3) is 0 Å². The molecule has 0 spiro atoms. The molecule has 1 aromatic rings. The lowest BCUT2D eigenvalue weighted by Gasteiger charge is -2.29. The van der Waals surface area contributed by atoms with Crippen molar-refractivity contribution in [3.8, 4) is 0 Å². The van der Waals surface area contributed by atoms with Crippen molar-refractivity contribution in [3.63, 3.8) is 0 Å². The Kier molecular flexibility index (Phi) is 4.93. The summed E-state index contributed by atoms with van der Waals surface area (Å²) in [6, 6.07) is 0. The first-order valence-electron chi connectivity index (χ1n) is 7.29. The molecule has 1 aromatic heterocycles. The number of sulfonamides is 1. The quantitative estimate of drug-likeness (QED) is 0.909. The van der Waals surface area contributed by atoms with E-state index in [0.717, 1.165) is 5.69 Å². The van der Waals surface area contributed by atoms with Crippen LogP contribution < -0.4 is 5.32 Å². The molecule has 1 atom stereocenters. The number of carbonyl (C=O) groups is 1. The zero-order valence-corrected chi connectivity index (χ0v) is 15.1. The van der Waals surface area contributed by atoms with Gasteiger partial charge in [0.1, 0.15) is 0 Å². The summed E-state index contributed by atoms with van der Waals surface area (Å²) in [5.41, 5.74) is 0.881. The van der Waals surface area contributed by atoms with E-state index in [9.17, 15) is 13.2 Å². The lowest BCUT2D eigenvalue weighted by molar-refractivity contribution is -0.120. The highest BCUT2D eigenvalue weighted by molar-refractivity contribution is 7.88. The maximum atomic E-state index is 12.3. The summed E-state index contributed by atoms with van der Waals surface area (Å²) in [5.74, 6) is -0.464. The molecule has 2 heterocycles. The summed E-state index contributed by atoms with van der Waals surface area (Å²) in [6.07, 6.45) is 2.59. The first-order valence-corrected chi connectivity index (χ1v) is 10.0. The van der Waals surface area contributed by atoms with E-state index in [2.05, 4.69) is 31.1 Å². The molecule has 8 heteroatoms. The zero-order chi connectivity index (χ0) is 16.5. The molecule has 1 saturated heterocycles. The van der Waals surface area contributed by atoms with Crippen LogP contribution in [0, 0.1) is 5.92 Å². The predicted molar refractivity (Wildman–Crippen MR) is 88.6 cm³/mol. The van der Waals surface area contributed by atoms with Crippen LogP contribution in [0.2, 0.25) is 0 Å². The van der Waals surface area contributed by atoms with Crippen LogP contribution in [0.1, 0.15) is 39.3 Å². The number of thiazole rings is 1. The van der Waals surface area contributed by atoms with E-state index in [0.29, 0.717) is 24.5 Å².